The van der Waals surface area contributed by atoms with Gasteiger partial charge in [-0.3, -0.25) is 0 Å². The minimum Gasteiger partial charge on any atom is -0.398 e. The summed E-state index contributed by atoms with van der Waals surface area (Å²) in [6.45, 7) is 8.96. The molecule has 8 heteroatoms. The normalized spacial score (nSPS) is 15.2. The molecular formula is C20H28F3N5. The lowest BCUT2D eigenvalue weighted by Crippen LogP contribution is -2.35. The van der Waals surface area contributed by atoms with Crippen molar-refractivity contribution < 1.29 is 13.2 Å². The molecule has 1 aliphatic heterocycles. The predicted molar refractivity (Wildman–Crippen MR) is 107 cm³/mol. The summed E-state index contributed by atoms with van der Waals surface area (Å²) in [6.07, 6.45) is -0.145. The minimum atomic E-state index is -4.42. The molecular weight excluding hydrogens is 367 g/mol. The van der Waals surface area contributed by atoms with Crippen LogP contribution in [0.5, 0.6) is 0 Å². The van der Waals surface area contributed by atoms with Crippen molar-refractivity contribution >= 4 is 11.5 Å². The molecule has 2 heterocycles. The van der Waals surface area contributed by atoms with E-state index >= 15 is 0 Å². The highest BCUT2D eigenvalue weighted by atomic mass is 19.4. The SMILES string of the molecule is CC(C)N1CCCCC1.Cc1cc(N)nnc1-c1ccc(C(F)(F)F)cc1N. The van der Waals surface area contributed by atoms with Crippen molar-refractivity contribution in [1.82, 2.24) is 15.1 Å². The van der Waals surface area contributed by atoms with Gasteiger partial charge in [0, 0.05) is 17.3 Å². The Labute approximate surface area is 163 Å². The summed E-state index contributed by atoms with van der Waals surface area (Å²) < 4.78 is 37.6. The van der Waals surface area contributed by atoms with Gasteiger partial charge in [-0.05, 0) is 70.5 Å². The maximum Gasteiger partial charge on any atom is 0.416 e. The number of benzene rings is 1. The first-order valence-corrected chi connectivity index (χ1v) is 9.40. The van der Waals surface area contributed by atoms with E-state index in [1.54, 1.807) is 13.0 Å². The monoisotopic (exact) mass is 395 g/mol. The van der Waals surface area contributed by atoms with Crippen LogP contribution in [-0.2, 0) is 6.18 Å². The largest absolute Gasteiger partial charge is 0.416 e. The van der Waals surface area contributed by atoms with Gasteiger partial charge in [0.05, 0.1) is 11.3 Å². The van der Waals surface area contributed by atoms with E-state index in [1.165, 1.54) is 38.4 Å². The molecule has 0 saturated carbocycles. The van der Waals surface area contributed by atoms with Crippen LogP contribution in [0.4, 0.5) is 24.7 Å². The van der Waals surface area contributed by atoms with E-state index < -0.39 is 11.7 Å². The zero-order valence-corrected chi connectivity index (χ0v) is 16.6. The van der Waals surface area contributed by atoms with Gasteiger partial charge in [-0.1, -0.05) is 12.5 Å². The molecule has 0 aliphatic carbocycles. The summed E-state index contributed by atoms with van der Waals surface area (Å²) in [5, 5.41) is 7.54. The average molecular weight is 395 g/mol. The Morgan fingerprint density at radius 2 is 1.64 bits per heavy atom. The third kappa shape index (κ3) is 5.82. The quantitative estimate of drug-likeness (QED) is 0.731. The minimum absolute atomic E-state index is 0.00278. The standard InChI is InChI=1S/C12H11F3N4.C8H17N/c1-6-4-10(17)18-19-11(6)8-3-2-7(5-9(8)16)12(13,14)15;1-8(2)9-6-4-3-5-7-9/h2-5H,16H2,1H3,(H2,17,18);8H,3-7H2,1-2H3. The molecule has 0 amide bonds. The van der Waals surface area contributed by atoms with Gasteiger partial charge in [0.1, 0.15) is 5.82 Å². The molecule has 154 valence electrons. The van der Waals surface area contributed by atoms with E-state index in [1.807, 2.05) is 0 Å². The zero-order chi connectivity index (χ0) is 20.9. The number of aromatic nitrogens is 2. The van der Waals surface area contributed by atoms with Gasteiger partial charge < -0.3 is 16.4 Å². The van der Waals surface area contributed by atoms with E-state index in [0.29, 0.717) is 16.8 Å². The van der Waals surface area contributed by atoms with Gasteiger partial charge in [0.15, 0.2) is 0 Å². The fourth-order valence-electron chi connectivity index (χ4n) is 3.16. The Kier molecular flexibility index (Phi) is 7.23. The molecule has 1 aromatic heterocycles. The molecule has 0 radical (unpaired) electrons. The number of halogens is 3. The number of nitrogens with zero attached hydrogens (tertiary/aromatic N) is 3. The van der Waals surface area contributed by atoms with E-state index in [-0.39, 0.29) is 11.5 Å². The van der Waals surface area contributed by atoms with Crippen molar-refractivity contribution in [2.45, 2.75) is 52.3 Å². The molecule has 1 aromatic carbocycles. The molecule has 3 rings (SSSR count). The Hall–Kier alpha value is -2.35. The number of aryl methyl sites for hydroxylation is 1. The van der Waals surface area contributed by atoms with Crippen LogP contribution in [0.15, 0.2) is 24.3 Å². The van der Waals surface area contributed by atoms with Crippen LogP contribution in [0.3, 0.4) is 0 Å². The molecule has 28 heavy (non-hydrogen) atoms. The number of likely N-dealkylation sites (tertiary alicyclic amines) is 1. The van der Waals surface area contributed by atoms with Crippen molar-refractivity contribution in [3.8, 4) is 11.3 Å². The smallest absolute Gasteiger partial charge is 0.398 e. The van der Waals surface area contributed by atoms with Gasteiger partial charge in [0.25, 0.3) is 0 Å². The highest BCUT2D eigenvalue weighted by Gasteiger charge is 2.31. The Morgan fingerprint density at radius 1 is 1.00 bits per heavy atom. The van der Waals surface area contributed by atoms with Crippen LogP contribution < -0.4 is 11.5 Å². The third-order valence-electron chi connectivity index (χ3n) is 4.76. The lowest BCUT2D eigenvalue weighted by Gasteiger charge is -2.29. The molecule has 0 spiro atoms. The second-order valence-corrected chi connectivity index (χ2v) is 7.29. The van der Waals surface area contributed by atoms with E-state index in [0.717, 1.165) is 18.2 Å². The number of hydrogen-bond donors (Lipinski definition) is 2. The summed E-state index contributed by atoms with van der Waals surface area (Å²) in [6, 6.07) is 5.48. The van der Waals surface area contributed by atoms with E-state index in [9.17, 15) is 13.2 Å². The maximum absolute atomic E-state index is 12.5. The summed E-state index contributed by atoms with van der Waals surface area (Å²) in [5.41, 5.74) is 11.8. The van der Waals surface area contributed by atoms with Crippen LogP contribution in [0, 0.1) is 6.92 Å². The average Bonchev–Trinajstić information content (AvgIpc) is 2.63. The number of nitrogen functional groups attached to an aromatic ring is 2. The number of hydrogen-bond acceptors (Lipinski definition) is 5. The lowest BCUT2D eigenvalue weighted by molar-refractivity contribution is -0.137. The van der Waals surface area contributed by atoms with Crippen LogP contribution in [0.25, 0.3) is 11.3 Å². The summed E-state index contributed by atoms with van der Waals surface area (Å²) >= 11 is 0. The number of nitrogens with two attached hydrogens (primary N) is 2. The fraction of sp³-hybridized carbons (Fsp3) is 0.500. The van der Waals surface area contributed by atoms with Crippen molar-refractivity contribution in [3.05, 3.63) is 35.4 Å². The Bertz CT molecular complexity index is 784. The number of piperidine rings is 1. The molecule has 1 aliphatic rings. The molecule has 0 bridgehead atoms. The van der Waals surface area contributed by atoms with Crippen molar-refractivity contribution in [1.29, 1.82) is 0 Å². The Morgan fingerprint density at radius 3 is 2.11 bits per heavy atom. The van der Waals surface area contributed by atoms with Crippen LogP contribution in [0.2, 0.25) is 0 Å². The Balaban J connectivity index is 0.000000261. The van der Waals surface area contributed by atoms with Gasteiger partial charge in [-0.2, -0.15) is 13.2 Å². The van der Waals surface area contributed by atoms with Gasteiger partial charge in [-0.25, -0.2) is 0 Å². The highest BCUT2D eigenvalue weighted by Crippen LogP contribution is 2.34. The first kappa shape index (κ1) is 21.9. The fourth-order valence-corrected chi connectivity index (χ4v) is 3.16. The van der Waals surface area contributed by atoms with E-state index in [4.69, 9.17) is 11.5 Å². The molecule has 5 nitrogen and oxygen atoms in total. The van der Waals surface area contributed by atoms with Crippen LogP contribution in [-0.4, -0.2) is 34.2 Å². The molecule has 1 fully saturated rings. The second kappa shape index (κ2) is 9.23. The first-order valence-electron chi connectivity index (χ1n) is 9.40. The second-order valence-electron chi connectivity index (χ2n) is 7.29. The first-order chi connectivity index (χ1) is 13.1. The van der Waals surface area contributed by atoms with Crippen molar-refractivity contribution in [2.24, 2.45) is 0 Å². The van der Waals surface area contributed by atoms with Gasteiger partial charge >= 0.3 is 6.18 Å². The third-order valence-corrected chi connectivity index (χ3v) is 4.76. The maximum atomic E-state index is 12.5. The predicted octanol–water partition coefficient (Wildman–Crippen LogP) is 4.52. The van der Waals surface area contributed by atoms with Gasteiger partial charge in [-0.15, -0.1) is 10.2 Å². The topological polar surface area (TPSA) is 81.1 Å². The zero-order valence-electron chi connectivity index (χ0n) is 16.6. The number of alkyl halides is 3. The summed E-state index contributed by atoms with van der Waals surface area (Å²) in [7, 11) is 0. The molecule has 4 N–H and O–H groups in total. The molecule has 2 aromatic rings. The molecule has 0 atom stereocenters. The highest BCUT2D eigenvalue weighted by molar-refractivity contribution is 5.76. The van der Waals surface area contributed by atoms with E-state index in [2.05, 4.69) is 28.9 Å². The molecule has 1 saturated heterocycles. The summed E-state index contributed by atoms with van der Waals surface area (Å²) in [4.78, 5) is 2.56. The summed E-state index contributed by atoms with van der Waals surface area (Å²) in [5.74, 6) is 0.242. The number of rotatable bonds is 2. The number of anilines is 2. The van der Waals surface area contributed by atoms with Crippen molar-refractivity contribution in [2.75, 3.05) is 24.6 Å². The molecule has 0 unspecified atom stereocenters. The van der Waals surface area contributed by atoms with Crippen molar-refractivity contribution in [3.63, 3.8) is 0 Å². The lowest BCUT2D eigenvalue weighted by atomic mass is 10.0. The van der Waals surface area contributed by atoms with Crippen LogP contribution in [0.1, 0.15) is 44.2 Å². The van der Waals surface area contributed by atoms with Crippen LogP contribution >= 0.6 is 0 Å². The van der Waals surface area contributed by atoms with Gasteiger partial charge in [0.2, 0.25) is 0 Å².